The third-order valence-electron chi connectivity index (χ3n) is 6.09. The molecule has 1 atom stereocenters. The molecule has 0 aliphatic carbocycles. The van der Waals surface area contributed by atoms with Gasteiger partial charge in [-0.2, -0.15) is 0 Å². The predicted molar refractivity (Wildman–Crippen MR) is 130 cm³/mol. The first-order valence-corrected chi connectivity index (χ1v) is 11.4. The van der Waals surface area contributed by atoms with Crippen molar-refractivity contribution in [3.63, 3.8) is 0 Å². The molecule has 33 heavy (non-hydrogen) atoms. The van der Waals surface area contributed by atoms with E-state index in [2.05, 4.69) is 29.0 Å². The number of carboxylic acid groups (broad SMARTS) is 1. The number of aromatic nitrogens is 3. The lowest BCUT2D eigenvalue weighted by Crippen LogP contribution is -2.38. The van der Waals surface area contributed by atoms with E-state index in [9.17, 15) is 14.7 Å². The molecule has 3 aromatic rings. The molecule has 0 amide bonds. The molecule has 2 N–H and O–H groups in total. The summed E-state index contributed by atoms with van der Waals surface area (Å²) in [5.41, 5.74) is 1.27. The zero-order valence-electron chi connectivity index (χ0n) is 18.6. The molecular weight excluding hydrogens is 465 g/mol. The van der Waals surface area contributed by atoms with Crippen LogP contribution < -0.4 is 15.8 Å². The molecular formula is C23H25Cl2N5O3. The third-order valence-corrected chi connectivity index (χ3v) is 6.50. The Hall–Kier alpha value is -2.84. The predicted octanol–water partition coefficient (Wildman–Crippen LogP) is 4.89. The number of nitrogens with zero attached hydrogens (tertiary/aromatic N) is 4. The number of fused-ring (bicyclic) bond motifs is 1. The van der Waals surface area contributed by atoms with Crippen molar-refractivity contribution < 1.29 is 9.90 Å². The highest BCUT2D eigenvalue weighted by Crippen LogP contribution is 2.32. The average molecular weight is 490 g/mol. The lowest BCUT2D eigenvalue weighted by Gasteiger charge is -2.37. The summed E-state index contributed by atoms with van der Waals surface area (Å²) in [4.78, 5) is 35.4. The number of hydrogen-bond donors (Lipinski definition) is 2. The lowest BCUT2D eigenvalue weighted by molar-refractivity contribution is 0.0691. The van der Waals surface area contributed by atoms with Gasteiger partial charge in [0, 0.05) is 30.9 Å². The number of anilines is 2. The van der Waals surface area contributed by atoms with E-state index in [0.717, 1.165) is 25.9 Å². The molecule has 1 fully saturated rings. The molecule has 174 valence electrons. The van der Waals surface area contributed by atoms with Gasteiger partial charge < -0.3 is 15.3 Å². The van der Waals surface area contributed by atoms with E-state index in [0.29, 0.717) is 27.7 Å². The summed E-state index contributed by atoms with van der Waals surface area (Å²) < 4.78 is 1.42. The molecule has 8 nitrogen and oxygen atoms in total. The fourth-order valence-corrected chi connectivity index (χ4v) is 4.39. The number of nitrogens with one attached hydrogen (secondary N) is 1. The number of rotatable bonds is 5. The van der Waals surface area contributed by atoms with Gasteiger partial charge in [0.15, 0.2) is 5.69 Å². The van der Waals surface area contributed by atoms with Gasteiger partial charge >= 0.3 is 5.97 Å². The van der Waals surface area contributed by atoms with E-state index in [-0.39, 0.29) is 21.8 Å². The Kier molecular flexibility index (Phi) is 6.24. The molecule has 1 aliphatic rings. The van der Waals surface area contributed by atoms with Gasteiger partial charge in [0.1, 0.15) is 16.6 Å². The van der Waals surface area contributed by atoms with E-state index in [1.807, 2.05) is 6.92 Å². The van der Waals surface area contributed by atoms with Gasteiger partial charge in [-0.25, -0.2) is 14.8 Å². The molecule has 0 saturated carbocycles. The molecule has 0 aromatic carbocycles. The van der Waals surface area contributed by atoms with Gasteiger partial charge in [-0.3, -0.25) is 9.20 Å². The number of hydrogen-bond acceptors (Lipinski definition) is 6. The van der Waals surface area contributed by atoms with Crippen LogP contribution in [0.1, 0.15) is 55.7 Å². The van der Waals surface area contributed by atoms with Gasteiger partial charge in [-0.1, -0.05) is 37.0 Å². The maximum Gasteiger partial charge on any atom is 0.356 e. The third kappa shape index (κ3) is 4.91. The fraction of sp³-hybridized carbons (Fsp3) is 0.391. The topological polar surface area (TPSA) is 99.8 Å². The summed E-state index contributed by atoms with van der Waals surface area (Å²) in [6.07, 6.45) is 3.57. The first kappa shape index (κ1) is 23.3. The van der Waals surface area contributed by atoms with Crippen LogP contribution in [0.3, 0.4) is 0 Å². The molecule has 4 heterocycles. The second-order valence-corrected chi connectivity index (χ2v) is 9.94. The van der Waals surface area contributed by atoms with Crippen molar-refractivity contribution in [1.82, 2.24) is 14.4 Å². The van der Waals surface area contributed by atoms with Crippen molar-refractivity contribution in [1.29, 1.82) is 0 Å². The second kappa shape index (κ2) is 8.83. The number of aromatic carboxylic acids is 1. The Labute approximate surface area is 201 Å². The summed E-state index contributed by atoms with van der Waals surface area (Å²) in [6.45, 7) is 7.98. The first-order chi connectivity index (χ1) is 15.5. The smallest absolute Gasteiger partial charge is 0.356 e. The Bertz CT molecular complexity index is 1280. The minimum Gasteiger partial charge on any atom is -0.476 e. The number of pyridine rings is 2. The Balaban J connectivity index is 1.75. The van der Waals surface area contributed by atoms with Crippen LogP contribution in [0.15, 0.2) is 35.3 Å². The highest BCUT2D eigenvalue weighted by molar-refractivity contribution is 6.30. The standard InChI is InChI=1S/C23H25Cl2N5O3/c1-13(26-16-4-5-17(25)27-20(16)22(32)33)15-10-14(24)12-30-19(31)11-18(28-21(15)30)29-8-6-23(2,3)7-9-29/h4-5,10-13,26H,6-9H2,1-3H3,(H,32,33)/t13-/m1/s1. The molecule has 0 bridgehead atoms. The summed E-state index contributed by atoms with van der Waals surface area (Å²) in [5, 5.41) is 13.1. The number of piperidine rings is 1. The van der Waals surface area contributed by atoms with Crippen molar-refractivity contribution in [3.8, 4) is 0 Å². The van der Waals surface area contributed by atoms with E-state index < -0.39 is 12.0 Å². The van der Waals surface area contributed by atoms with Gasteiger partial charge in [0.25, 0.3) is 5.56 Å². The van der Waals surface area contributed by atoms with Crippen LogP contribution in [0.2, 0.25) is 10.2 Å². The maximum atomic E-state index is 13.0. The van der Waals surface area contributed by atoms with Crippen LogP contribution in [0, 0.1) is 5.41 Å². The highest BCUT2D eigenvalue weighted by atomic mass is 35.5. The zero-order chi connectivity index (χ0) is 23.9. The molecule has 10 heteroatoms. The van der Waals surface area contributed by atoms with Crippen molar-refractivity contribution in [2.24, 2.45) is 5.41 Å². The molecule has 0 spiro atoms. The molecule has 1 aliphatic heterocycles. The Morgan fingerprint density at radius 2 is 1.88 bits per heavy atom. The minimum atomic E-state index is -1.20. The number of carbonyl (C=O) groups is 1. The van der Waals surface area contributed by atoms with Gasteiger partial charge in [0.05, 0.1) is 16.8 Å². The number of halogens is 2. The molecule has 0 unspecified atom stereocenters. The monoisotopic (exact) mass is 489 g/mol. The van der Waals surface area contributed by atoms with E-state index in [1.54, 1.807) is 12.1 Å². The van der Waals surface area contributed by atoms with E-state index in [4.69, 9.17) is 28.2 Å². The fourth-order valence-electron chi connectivity index (χ4n) is 4.03. The average Bonchev–Trinajstić information content (AvgIpc) is 2.74. The molecule has 1 saturated heterocycles. The quantitative estimate of drug-likeness (QED) is 0.491. The summed E-state index contributed by atoms with van der Waals surface area (Å²) >= 11 is 12.2. The van der Waals surface area contributed by atoms with E-state index in [1.165, 1.54) is 22.7 Å². The first-order valence-electron chi connectivity index (χ1n) is 10.7. The maximum absolute atomic E-state index is 13.0. The van der Waals surface area contributed by atoms with Gasteiger partial charge in [-0.05, 0) is 43.4 Å². The second-order valence-electron chi connectivity index (χ2n) is 9.11. The molecule has 0 radical (unpaired) electrons. The van der Waals surface area contributed by atoms with Crippen LogP contribution in [-0.4, -0.2) is 38.5 Å². The summed E-state index contributed by atoms with van der Waals surface area (Å²) in [7, 11) is 0. The minimum absolute atomic E-state index is 0.0846. The van der Waals surface area contributed by atoms with Crippen LogP contribution in [-0.2, 0) is 0 Å². The SMILES string of the molecule is C[C@@H](Nc1ccc(Cl)nc1C(=O)O)c1cc(Cl)cn2c(=O)cc(N3CCC(C)(C)CC3)nc12. The van der Waals surface area contributed by atoms with Crippen LogP contribution in [0.4, 0.5) is 11.5 Å². The van der Waals surface area contributed by atoms with Crippen molar-refractivity contribution >= 4 is 46.3 Å². The lowest BCUT2D eigenvalue weighted by atomic mass is 9.83. The summed E-state index contributed by atoms with van der Waals surface area (Å²) in [6, 6.07) is 5.91. The molecule has 3 aromatic heterocycles. The van der Waals surface area contributed by atoms with Gasteiger partial charge in [0.2, 0.25) is 0 Å². The van der Waals surface area contributed by atoms with Crippen molar-refractivity contribution in [3.05, 3.63) is 62.2 Å². The Morgan fingerprint density at radius 1 is 1.18 bits per heavy atom. The van der Waals surface area contributed by atoms with Crippen LogP contribution >= 0.6 is 23.2 Å². The van der Waals surface area contributed by atoms with Crippen LogP contribution in [0.25, 0.3) is 5.65 Å². The van der Waals surface area contributed by atoms with E-state index >= 15 is 0 Å². The largest absolute Gasteiger partial charge is 0.476 e. The molecule has 4 rings (SSSR count). The van der Waals surface area contributed by atoms with Gasteiger partial charge in [-0.15, -0.1) is 0 Å². The van der Waals surface area contributed by atoms with Crippen molar-refractivity contribution in [2.75, 3.05) is 23.3 Å². The van der Waals surface area contributed by atoms with Crippen molar-refractivity contribution in [2.45, 2.75) is 39.7 Å². The number of carboxylic acids is 1. The highest BCUT2D eigenvalue weighted by Gasteiger charge is 2.27. The van der Waals surface area contributed by atoms with Crippen LogP contribution in [0.5, 0.6) is 0 Å². The summed E-state index contributed by atoms with van der Waals surface area (Å²) in [5.74, 6) is -0.571. The Morgan fingerprint density at radius 3 is 2.55 bits per heavy atom. The normalized spacial score (nSPS) is 16.6. The zero-order valence-corrected chi connectivity index (χ0v) is 20.1.